The zero-order valence-corrected chi connectivity index (χ0v) is 17.2. The first-order valence-electron chi connectivity index (χ1n) is 10.8. The Kier molecular flexibility index (Phi) is 7.81. The third-order valence-corrected chi connectivity index (χ3v) is 5.48. The summed E-state index contributed by atoms with van der Waals surface area (Å²) in [5.41, 5.74) is 2.72. The summed E-state index contributed by atoms with van der Waals surface area (Å²) >= 11 is 0. The summed E-state index contributed by atoms with van der Waals surface area (Å²) in [5.74, 6) is 1.84. The van der Waals surface area contributed by atoms with Gasteiger partial charge >= 0.3 is 0 Å². The van der Waals surface area contributed by atoms with E-state index in [9.17, 15) is 0 Å². The van der Waals surface area contributed by atoms with E-state index in [1.54, 1.807) is 0 Å². The molecule has 1 aliphatic heterocycles. The minimum atomic E-state index is 0.846. The maximum Gasteiger partial charge on any atom is 0.191 e. The minimum Gasteiger partial charge on any atom is -0.369 e. The first-order chi connectivity index (χ1) is 13.2. The lowest BCUT2D eigenvalue weighted by Gasteiger charge is -2.36. The molecule has 0 atom stereocenters. The van der Waals surface area contributed by atoms with Gasteiger partial charge in [-0.3, -0.25) is 9.89 Å². The van der Waals surface area contributed by atoms with Crippen molar-refractivity contribution in [3.63, 3.8) is 0 Å². The van der Waals surface area contributed by atoms with E-state index in [1.807, 2.05) is 0 Å². The van der Waals surface area contributed by atoms with Crippen molar-refractivity contribution in [2.24, 2.45) is 10.9 Å². The van der Waals surface area contributed by atoms with E-state index in [4.69, 9.17) is 0 Å². The first kappa shape index (κ1) is 20.0. The summed E-state index contributed by atoms with van der Waals surface area (Å²) in [5, 5.41) is 6.84. The van der Waals surface area contributed by atoms with Crippen LogP contribution in [0.5, 0.6) is 0 Å². The Bertz CT molecular complexity index is 588. The molecule has 3 rings (SSSR count). The van der Waals surface area contributed by atoms with Gasteiger partial charge in [-0.2, -0.15) is 0 Å². The zero-order valence-electron chi connectivity index (χ0n) is 17.2. The number of guanidine groups is 1. The smallest absolute Gasteiger partial charge is 0.191 e. The van der Waals surface area contributed by atoms with Gasteiger partial charge in [0.05, 0.1) is 0 Å². The van der Waals surface area contributed by atoms with Gasteiger partial charge in [-0.1, -0.05) is 12.1 Å². The van der Waals surface area contributed by atoms with E-state index >= 15 is 0 Å². The van der Waals surface area contributed by atoms with Crippen LogP contribution in [-0.4, -0.2) is 63.2 Å². The monoisotopic (exact) mass is 371 g/mol. The van der Waals surface area contributed by atoms with Gasteiger partial charge in [-0.25, -0.2) is 0 Å². The van der Waals surface area contributed by atoms with Crippen molar-refractivity contribution in [2.75, 3.05) is 57.3 Å². The maximum absolute atomic E-state index is 4.68. The number of hydrogen-bond donors (Lipinski definition) is 2. The maximum atomic E-state index is 4.68. The normalized spacial score (nSPS) is 18.6. The van der Waals surface area contributed by atoms with Gasteiger partial charge in [0.25, 0.3) is 0 Å². The molecule has 0 radical (unpaired) electrons. The van der Waals surface area contributed by atoms with Crippen LogP contribution in [-0.2, 0) is 0 Å². The first-order valence-corrected chi connectivity index (χ1v) is 10.8. The van der Waals surface area contributed by atoms with Gasteiger partial charge in [-0.15, -0.1) is 0 Å². The Hall–Kier alpha value is -1.75. The largest absolute Gasteiger partial charge is 0.369 e. The van der Waals surface area contributed by atoms with Gasteiger partial charge < -0.3 is 15.5 Å². The molecule has 0 spiro atoms. The molecule has 27 heavy (non-hydrogen) atoms. The van der Waals surface area contributed by atoms with Crippen molar-refractivity contribution in [1.29, 1.82) is 0 Å². The number of rotatable bonds is 9. The lowest BCUT2D eigenvalue weighted by molar-refractivity contribution is 0.253. The SMILES string of the molecule is CCNC(=NCC1CC1)NCCCCN1CCN(c2cccc(C)c2)CC1. The van der Waals surface area contributed by atoms with Crippen LogP contribution in [0.25, 0.3) is 0 Å². The van der Waals surface area contributed by atoms with E-state index in [2.05, 4.69) is 63.5 Å². The number of anilines is 1. The van der Waals surface area contributed by atoms with Crippen LogP contribution in [0.3, 0.4) is 0 Å². The highest BCUT2D eigenvalue weighted by atomic mass is 15.3. The summed E-state index contributed by atoms with van der Waals surface area (Å²) < 4.78 is 0. The predicted molar refractivity (Wildman–Crippen MR) is 116 cm³/mol. The summed E-state index contributed by atoms with van der Waals surface area (Å²) in [7, 11) is 0. The molecule has 2 fully saturated rings. The highest BCUT2D eigenvalue weighted by Crippen LogP contribution is 2.28. The number of nitrogens with zero attached hydrogens (tertiary/aromatic N) is 3. The summed E-state index contributed by atoms with van der Waals surface area (Å²) in [4.78, 5) is 9.81. The van der Waals surface area contributed by atoms with Gasteiger partial charge in [-0.05, 0) is 69.7 Å². The van der Waals surface area contributed by atoms with E-state index in [0.717, 1.165) is 44.6 Å². The Morgan fingerprint density at radius 1 is 1.11 bits per heavy atom. The van der Waals surface area contributed by atoms with E-state index in [0.29, 0.717) is 0 Å². The minimum absolute atomic E-state index is 0.846. The van der Waals surface area contributed by atoms with Crippen LogP contribution >= 0.6 is 0 Å². The highest BCUT2D eigenvalue weighted by Gasteiger charge is 2.20. The standard InChI is InChI=1S/C22H37N5/c1-3-23-22(25-18-20-9-10-20)24-11-4-5-12-26-13-15-27(16-14-26)21-8-6-7-19(2)17-21/h6-8,17,20H,3-5,9-16,18H2,1-2H3,(H2,23,24,25). The predicted octanol–water partition coefficient (Wildman–Crippen LogP) is 2.86. The molecule has 5 nitrogen and oxygen atoms in total. The van der Waals surface area contributed by atoms with E-state index in [-0.39, 0.29) is 0 Å². The number of aliphatic imine (C=N–C) groups is 1. The molecule has 1 saturated heterocycles. The fourth-order valence-corrected chi connectivity index (χ4v) is 3.58. The van der Waals surface area contributed by atoms with Crippen LogP contribution in [0.1, 0.15) is 38.2 Å². The fraction of sp³-hybridized carbons (Fsp3) is 0.682. The van der Waals surface area contributed by atoms with E-state index < -0.39 is 0 Å². The Morgan fingerprint density at radius 3 is 2.63 bits per heavy atom. The number of nitrogens with one attached hydrogen (secondary N) is 2. The molecular formula is C22H37N5. The van der Waals surface area contributed by atoms with Crippen molar-refractivity contribution >= 4 is 11.6 Å². The molecule has 1 aromatic rings. The average Bonchev–Trinajstić information content (AvgIpc) is 3.51. The van der Waals surface area contributed by atoms with Gasteiger partial charge in [0, 0.05) is 51.5 Å². The lowest BCUT2D eigenvalue weighted by Crippen LogP contribution is -2.46. The Labute approximate surface area is 165 Å². The van der Waals surface area contributed by atoms with Crippen molar-refractivity contribution in [1.82, 2.24) is 15.5 Å². The van der Waals surface area contributed by atoms with Crippen LogP contribution in [0, 0.1) is 12.8 Å². The topological polar surface area (TPSA) is 42.9 Å². The molecule has 1 aromatic carbocycles. The van der Waals surface area contributed by atoms with Crippen LogP contribution in [0.2, 0.25) is 0 Å². The van der Waals surface area contributed by atoms with Gasteiger partial charge in [0.15, 0.2) is 5.96 Å². The van der Waals surface area contributed by atoms with Crippen LogP contribution in [0.4, 0.5) is 5.69 Å². The number of piperazine rings is 1. The zero-order chi connectivity index (χ0) is 18.9. The molecule has 1 heterocycles. The highest BCUT2D eigenvalue weighted by molar-refractivity contribution is 5.79. The molecule has 150 valence electrons. The van der Waals surface area contributed by atoms with Crippen molar-refractivity contribution in [3.8, 4) is 0 Å². The molecule has 1 saturated carbocycles. The third kappa shape index (κ3) is 7.06. The molecule has 0 unspecified atom stereocenters. The van der Waals surface area contributed by atoms with Crippen molar-refractivity contribution in [2.45, 2.75) is 39.5 Å². The molecule has 5 heteroatoms. The average molecular weight is 372 g/mol. The second-order valence-corrected chi connectivity index (χ2v) is 7.96. The molecule has 0 aromatic heterocycles. The lowest BCUT2D eigenvalue weighted by atomic mass is 10.2. The molecule has 1 aliphatic carbocycles. The van der Waals surface area contributed by atoms with Crippen molar-refractivity contribution in [3.05, 3.63) is 29.8 Å². The van der Waals surface area contributed by atoms with Crippen LogP contribution < -0.4 is 15.5 Å². The summed E-state index contributed by atoms with van der Waals surface area (Å²) in [6, 6.07) is 8.88. The van der Waals surface area contributed by atoms with E-state index in [1.165, 1.54) is 56.6 Å². The third-order valence-electron chi connectivity index (χ3n) is 5.48. The second kappa shape index (κ2) is 10.5. The Morgan fingerprint density at radius 2 is 1.93 bits per heavy atom. The van der Waals surface area contributed by atoms with Crippen LogP contribution in [0.15, 0.2) is 29.3 Å². The molecule has 0 bridgehead atoms. The molecular weight excluding hydrogens is 334 g/mol. The molecule has 2 aliphatic rings. The second-order valence-electron chi connectivity index (χ2n) is 7.96. The Balaban J connectivity index is 1.28. The number of aryl methyl sites for hydroxylation is 1. The van der Waals surface area contributed by atoms with Crippen molar-refractivity contribution < 1.29 is 0 Å². The molecule has 0 amide bonds. The molecule has 2 N–H and O–H groups in total. The number of unbranched alkanes of at least 4 members (excludes halogenated alkanes) is 1. The van der Waals surface area contributed by atoms with Gasteiger partial charge in [0.2, 0.25) is 0 Å². The number of benzene rings is 1. The summed E-state index contributed by atoms with van der Waals surface area (Å²) in [6.07, 6.45) is 5.17. The summed E-state index contributed by atoms with van der Waals surface area (Å²) in [6.45, 7) is 13.1. The number of hydrogen-bond acceptors (Lipinski definition) is 3. The fourth-order valence-electron chi connectivity index (χ4n) is 3.58. The quantitative estimate of drug-likeness (QED) is 0.398. The van der Waals surface area contributed by atoms with Gasteiger partial charge in [0.1, 0.15) is 0 Å².